The molecule has 0 aliphatic heterocycles. The highest BCUT2D eigenvalue weighted by atomic mass is 32.1. The number of rotatable bonds is 2. The second kappa shape index (κ2) is 3.62. The van der Waals surface area contributed by atoms with Crippen LogP contribution in [0.5, 0.6) is 0 Å². The molecule has 0 saturated heterocycles. The number of para-hydroxylation sites is 2. The molecule has 1 aromatic heterocycles. The summed E-state index contributed by atoms with van der Waals surface area (Å²) in [4.78, 5) is 4.78. The maximum absolute atomic E-state index is 5.66. The smallest absolute Gasteiger partial charge is 0.168 e. The van der Waals surface area contributed by atoms with E-state index in [0.29, 0.717) is 16.9 Å². The minimum Gasteiger partial charge on any atom is -0.387 e. The highest BCUT2D eigenvalue weighted by Gasteiger charge is 2.13. The van der Waals surface area contributed by atoms with Gasteiger partial charge in [-0.15, -0.1) is 0 Å². The number of hydrogen-bond acceptors (Lipinski definition) is 2. The maximum atomic E-state index is 5.66. The highest BCUT2D eigenvalue weighted by Crippen LogP contribution is 2.20. The van der Waals surface area contributed by atoms with Gasteiger partial charge >= 0.3 is 0 Å². The van der Waals surface area contributed by atoms with E-state index in [1.807, 2.05) is 24.3 Å². The van der Waals surface area contributed by atoms with Crippen molar-refractivity contribution < 1.29 is 0 Å². The lowest BCUT2D eigenvalue weighted by Gasteiger charge is -2.11. The number of thiocarbonyl (C=S) groups is 1. The maximum Gasteiger partial charge on any atom is 0.168 e. The highest BCUT2D eigenvalue weighted by molar-refractivity contribution is 7.80. The molecule has 0 amide bonds. The Morgan fingerprint density at radius 3 is 2.67 bits per heavy atom. The Morgan fingerprint density at radius 2 is 2.07 bits per heavy atom. The molecule has 2 rings (SSSR count). The quantitative estimate of drug-likeness (QED) is 0.788. The van der Waals surface area contributed by atoms with Crippen molar-refractivity contribution in [2.45, 2.75) is 19.9 Å². The van der Waals surface area contributed by atoms with Crippen LogP contribution < -0.4 is 5.73 Å². The summed E-state index contributed by atoms with van der Waals surface area (Å²) in [6, 6.07) is 8.25. The number of fused-ring (bicyclic) bond motifs is 1. The van der Waals surface area contributed by atoms with E-state index in [1.165, 1.54) is 0 Å². The number of nitrogens with two attached hydrogens (primary N) is 1. The Morgan fingerprint density at radius 1 is 1.40 bits per heavy atom. The van der Waals surface area contributed by atoms with Crippen LogP contribution in [0.2, 0.25) is 0 Å². The molecule has 1 heterocycles. The molecule has 15 heavy (non-hydrogen) atoms. The van der Waals surface area contributed by atoms with Crippen LogP contribution in [-0.2, 0) is 0 Å². The number of nitrogens with zero attached hydrogens (tertiary/aromatic N) is 2. The van der Waals surface area contributed by atoms with Gasteiger partial charge in [-0.25, -0.2) is 4.98 Å². The summed E-state index contributed by atoms with van der Waals surface area (Å²) in [6.07, 6.45) is 0. The molecule has 1 aromatic carbocycles. The molecule has 0 fully saturated rings. The van der Waals surface area contributed by atoms with Crippen LogP contribution in [0.4, 0.5) is 0 Å². The van der Waals surface area contributed by atoms with Gasteiger partial charge in [-0.05, 0) is 26.0 Å². The lowest BCUT2D eigenvalue weighted by atomic mass is 10.3. The monoisotopic (exact) mass is 219 g/mol. The number of hydrogen-bond donors (Lipinski definition) is 1. The van der Waals surface area contributed by atoms with Gasteiger partial charge in [-0.2, -0.15) is 0 Å². The summed E-state index contributed by atoms with van der Waals surface area (Å²) in [6.45, 7) is 4.19. The van der Waals surface area contributed by atoms with Crippen molar-refractivity contribution in [1.29, 1.82) is 0 Å². The van der Waals surface area contributed by atoms with Crippen molar-refractivity contribution in [3.05, 3.63) is 30.1 Å². The summed E-state index contributed by atoms with van der Waals surface area (Å²) < 4.78 is 2.07. The van der Waals surface area contributed by atoms with Gasteiger partial charge in [0, 0.05) is 6.04 Å². The fourth-order valence-corrected chi connectivity index (χ4v) is 1.89. The largest absolute Gasteiger partial charge is 0.387 e. The molecular weight excluding hydrogens is 206 g/mol. The molecule has 0 bridgehead atoms. The Hall–Kier alpha value is -1.42. The molecule has 2 N–H and O–H groups in total. The van der Waals surface area contributed by atoms with E-state index < -0.39 is 0 Å². The van der Waals surface area contributed by atoms with Gasteiger partial charge in [0.25, 0.3) is 0 Å². The van der Waals surface area contributed by atoms with Crippen LogP contribution in [0, 0.1) is 0 Å². The molecule has 4 heteroatoms. The van der Waals surface area contributed by atoms with Gasteiger partial charge in [0.1, 0.15) is 4.99 Å². The fourth-order valence-electron chi connectivity index (χ4n) is 1.74. The molecule has 78 valence electrons. The van der Waals surface area contributed by atoms with Crippen LogP contribution in [0.15, 0.2) is 24.3 Å². The predicted molar refractivity (Wildman–Crippen MR) is 66.0 cm³/mol. The van der Waals surface area contributed by atoms with Gasteiger partial charge in [0.2, 0.25) is 0 Å². The first kappa shape index (κ1) is 10.1. The van der Waals surface area contributed by atoms with Crippen molar-refractivity contribution in [2.75, 3.05) is 0 Å². The van der Waals surface area contributed by atoms with Gasteiger partial charge in [-0.1, -0.05) is 24.4 Å². The first-order valence-corrected chi connectivity index (χ1v) is 5.29. The van der Waals surface area contributed by atoms with Gasteiger partial charge in [0.05, 0.1) is 11.0 Å². The minimum absolute atomic E-state index is 0.300. The van der Waals surface area contributed by atoms with Crippen molar-refractivity contribution in [2.24, 2.45) is 5.73 Å². The normalized spacial score (nSPS) is 11.1. The van der Waals surface area contributed by atoms with Gasteiger partial charge in [-0.3, -0.25) is 0 Å². The zero-order valence-corrected chi connectivity index (χ0v) is 9.58. The van der Waals surface area contributed by atoms with Gasteiger partial charge < -0.3 is 10.3 Å². The van der Waals surface area contributed by atoms with Crippen molar-refractivity contribution in [3.8, 4) is 0 Å². The minimum atomic E-state index is 0.300. The molecule has 0 unspecified atom stereocenters. The molecule has 3 nitrogen and oxygen atoms in total. The third-order valence-corrected chi connectivity index (χ3v) is 2.52. The average molecular weight is 219 g/mol. The first-order chi connectivity index (χ1) is 7.11. The second-order valence-corrected chi connectivity index (χ2v) is 4.19. The van der Waals surface area contributed by atoms with Crippen molar-refractivity contribution >= 4 is 28.2 Å². The van der Waals surface area contributed by atoms with E-state index >= 15 is 0 Å². The summed E-state index contributed by atoms with van der Waals surface area (Å²) in [5.74, 6) is 0.696. The molecule has 2 aromatic rings. The third-order valence-electron chi connectivity index (χ3n) is 2.33. The Labute approximate surface area is 93.9 Å². The summed E-state index contributed by atoms with van der Waals surface area (Å²) in [5, 5.41) is 0. The average Bonchev–Trinajstić information content (AvgIpc) is 2.56. The van der Waals surface area contributed by atoms with Crippen LogP contribution in [0.3, 0.4) is 0 Å². The summed E-state index contributed by atoms with van der Waals surface area (Å²) in [7, 11) is 0. The van der Waals surface area contributed by atoms with Crippen molar-refractivity contribution in [1.82, 2.24) is 9.55 Å². The van der Waals surface area contributed by atoms with E-state index in [-0.39, 0.29) is 0 Å². The Bertz CT molecular complexity index is 514. The van der Waals surface area contributed by atoms with E-state index in [9.17, 15) is 0 Å². The molecule has 0 saturated carbocycles. The molecular formula is C11H13N3S. The molecule has 0 aliphatic carbocycles. The third kappa shape index (κ3) is 1.61. The number of benzene rings is 1. The SMILES string of the molecule is CC(C)n1c(C(N)=S)nc2ccccc21. The molecule has 0 atom stereocenters. The summed E-state index contributed by atoms with van der Waals surface area (Å²) >= 11 is 5.00. The molecule has 0 radical (unpaired) electrons. The van der Waals surface area contributed by atoms with E-state index in [4.69, 9.17) is 18.0 Å². The first-order valence-electron chi connectivity index (χ1n) is 4.88. The number of imidazole rings is 1. The zero-order valence-electron chi connectivity index (χ0n) is 8.77. The van der Waals surface area contributed by atoms with Crippen molar-refractivity contribution in [3.63, 3.8) is 0 Å². The topological polar surface area (TPSA) is 43.8 Å². The van der Waals surface area contributed by atoms with E-state index in [1.54, 1.807) is 0 Å². The second-order valence-electron chi connectivity index (χ2n) is 3.75. The van der Waals surface area contributed by atoms with Crippen LogP contribution in [0.1, 0.15) is 25.7 Å². The lowest BCUT2D eigenvalue weighted by molar-refractivity contribution is 0.613. The van der Waals surface area contributed by atoms with E-state index in [0.717, 1.165) is 11.0 Å². The van der Waals surface area contributed by atoms with Crippen LogP contribution >= 0.6 is 12.2 Å². The lowest BCUT2D eigenvalue weighted by Crippen LogP contribution is -2.18. The Balaban J connectivity index is 2.80. The van der Waals surface area contributed by atoms with Crippen LogP contribution in [-0.4, -0.2) is 14.5 Å². The number of aromatic nitrogens is 2. The predicted octanol–water partition coefficient (Wildman–Crippen LogP) is 2.25. The zero-order chi connectivity index (χ0) is 11.0. The van der Waals surface area contributed by atoms with Gasteiger partial charge in [0.15, 0.2) is 5.82 Å². The molecule has 0 aliphatic rings. The summed E-state index contributed by atoms with van der Waals surface area (Å²) in [5.41, 5.74) is 7.68. The fraction of sp³-hybridized carbons (Fsp3) is 0.273. The molecule has 0 spiro atoms. The van der Waals surface area contributed by atoms with E-state index in [2.05, 4.69) is 23.4 Å². The Kier molecular flexibility index (Phi) is 2.44. The van der Waals surface area contributed by atoms with Crippen LogP contribution in [0.25, 0.3) is 11.0 Å². The standard InChI is InChI=1S/C11H13N3S/c1-7(2)14-9-6-4-3-5-8(9)13-11(14)10(12)15/h3-7H,1-2H3,(H2,12,15).